The lowest BCUT2D eigenvalue weighted by molar-refractivity contribution is 0.627. The first-order valence-corrected chi connectivity index (χ1v) is 6.52. The molecule has 1 aromatic carbocycles. The van der Waals surface area contributed by atoms with Gasteiger partial charge in [-0.3, -0.25) is 0 Å². The fraction of sp³-hybridized carbons (Fsp3) is 0.214. The highest BCUT2D eigenvalue weighted by Gasteiger charge is 2.13. The van der Waals surface area contributed by atoms with Gasteiger partial charge in [0, 0.05) is 6.54 Å². The molecule has 0 saturated heterocycles. The first-order chi connectivity index (χ1) is 9.49. The molecule has 1 heterocycles. The molecule has 0 unspecified atom stereocenters. The summed E-state index contributed by atoms with van der Waals surface area (Å²) in [5.74, 6) is 0.286. The number of nitrogens with one attached hydrogen (secondary N) is 1. The van der Waals surface area contributed by atoms with Crippen LogP contribution in [0.1, 0.15) is 22.4 Å². The number of hydrogen-bond donors (Lipinski definition) is 2. The molecular formula is C14H15FN4S. The zero-order valence-corrected chi connectivity index (χ0v) is 12.1. The van der Waals surface area contributed by atoms with E-state index in [0.29, 0.717) is 17.9 Å². The predicted octanol–water partition coefficient (Wildman–Crippen LogP) is 2.48. The zero-order chi connectivity index (χ0) is 14.7. The van der Waals surface area contributed by atoms with Gasteiger partial charge in [-0.05, 0) is 37.1 Å². The second-order valence-corrected chi connectivity index (χ2v) is 4.92. The number of halogens is 1. The molecule has 4 nitrogen and oxygen atoms in total. The summed E-state index contributed by atoms with van der Waals surface area (Å²) in [6, 6.07) is 6.24. The highest BCUT2D eigenvalue weighted by atomic mass is 32.1. The van der Waals surface area contributed by atoms with E-state index < -0.39 is 0 Å². The molecule has 1 aromatic heterocycles. The third kappa shape index (κ3) is 3.08. The van der Waals surface area contributed by atoms with Gasteiger partial charge in [0.2, 0.25) is 0 Å². The van der Waals surface area contributed by atoms with Crippen molar-refractivity contribution < 1.29 is 4.39 Å². The third-order valence-electron chi connectivity index (χ3n) is 3.07. The molecule has 6 heteroatoms. The fourth-order valence-electron chi connectivity index (χ4n) is 1.82. The van der Waals surface area contributed by atoms with Gasteiger partial charge in [-0.25, -0.2) is 4.39 Å². The van der Waals surface area contributed by atoms with Gasteiger partial charge in [-0.15, -0.1) is 5.10 Å². The van der Waals surface area contributed by atoms with Gasteiger partial charge in [0.25, 0.3) is 0 Å². The quantitative estimate of drug-likeness (QED) is 0.847. The first-order valence-electron chi connectivity index (χ1n) is 6.11. The van der Waals surface area contributed by atoms with Crippen LogP contribution in [0, 0.1) is 19.7 Å². The zero-order valence-electron chi connectivity index (χ0n) is 11.3. The molecule has 0 aliphatic heterocycles. The van der Waals surface area contributed by atoms with Crippen LogP contribution < -0.4 is 11.1 Å². The van der Waals surface area contributed by atoms with Crippen LogP contribution in [0.15, 0.2) is 24.3 Å². The Bertz CT molecular complexity index is 640. The van der Waals surface area contributed by atoms with Crippen molar-refractivity contribution in [3.8, 4) is 0 Å². The van der Waals surface area contributed by atoms with Crippen molar-refractivity contribution in [3.05, 3.63) is 52.5 Å². The van der Waals surface area contributed by atoms with Gasteiger partial charge in [0.1, 0.15) is 10.8 Å². The number of thiocarbonyl (C=S) groups is 1. The van der Waals surface area contributed by atoms with Gasteiger partial charge < -0.3 is 11.1 Å². The Morgan fingerprint density at radius 2 is 1.90 bits per heavy atom. The minimum atomic E-state index is -0.261. The van der Waals surface area contributed by atoms with Gasteiger partial charge in [-0.2, -0.15) is 5.10 Å². The summed E-state index contributed by atoms with van der Waals surface area (Å²) in [5.41, 5.74) is 9.08. The molecule has 2 aromatic rings. The minimum Gasteiger partial charge on any atom is -0.389 e. The van der Waals surface area contributed by atoms with Crippen LogP contribution in [-0.2, 0) is 6.54 Å². The van der Waals surface area contributed by atoms with E-state index in [0.717, 1.165) is 16.8 Å². The van der Waals surface area contributed by atoms with Crippen LogP contribution in [0.4, 0.5) is 10.2 Å². The first kappa shape index (κ1) is 14.3. The van der Waals surface area contributed by atoms with Gasteiger partial charge >= 0.3 is 0 Å². The summed E-state index contributed by atoms with van der Waals surface area (Å²) in [7, 11) is 0. The second kappa shape index (κ2) is 5.92. The van der Waals surface area contributed by atoms with Crippen molar-refractivity contribution in [2.75, 3.05) is 5.32 Å². The maximum absolute atomic E-state index is 12.8. The Morgan fingerprint density at radius 1 is 1.25 bits per heavy atom. The molecule has 20 heavy (non-hydrogen) atoms. The van der Waals surface area contributed by atoms with Crippen molar-refractivity contribution in [1.29, 1.82) is 0 Å². The summed E-state index contributed by atoms with van der Waals surface area (Å²) < 4.78 is 12.8. The fourth-order valence-corrected chi connectivity index (χ4v) is 2.07. The number of rotatable bonds is 4. The average molecular weight is 290 g/mol. The number of nitrogens with zero attached hydrogens (tertiary/aromatic N) is 2. The van der Waals surface area contributed by atoms with Crippen LogP contribution in [0.3, 0.4) is 0 Å². The van der Waals surface area contributed by atoms with Crippen LogP contribution in [-0.4, -0.2) is 15.2 Å². The van der Waals surface area contributed by atoms with Crippen molar-refractivity contribution >= 4 is 23.0 Å². The lowest BCUT2D eigenvalue weighted by Gasteiger charge is -2.13. The molecule has 0 bridgehead atoms. The molecule has 0 fully saturated rings. The number of hydrogen-bond acceptors (Lipinski definition) is 4. The summed E-state index contributed by atoms with van der Waals surface area (Å²) in [5, 5.41) is 11.3. The molecule has 0 atom stereocenters. The number of aryl methyl sites for hydroxylation is 1. The summed E-state index contributed by atoms with van der Waals surface area (Å²) in [4.78, 5) is 0.280. The minimum absolute atomic E-state index is 0.261. The monoisotopic (exact) mass is 290 g/mol. The van der Waals surface area contributed by atoms with Crippen LogP contribution in [0.25, 0.3) is 0 Å². The van der Waals surface area contributed by atoms with Crippen molar-refractivity contribution in [2.45, 2.75) is 20.4 Å². The van der Waals surface area contributed by atoms with E-state index in [4.69, 9.17) is 18.0 Å². The van der Waals surface area contributed by atoms with E-state index in [2.05, 4.69) is 15.5 Å². The number of benzene rings is 1. The Hall–Kier alpha value is -2.08. The SMILES string of the molecule is Cc1nnc(NCc2ccc(F)cc2)c(C(N)=S)c1C. The number of anilines is 1. The summed E-state index contributed by atoms with van der Waals surface area (Å²) in [6.07, 6.45) is 0. The van der Waals surface area contributed by atoms with E-state index in [9.17, 15) is 4.39 Å². The smallest absolute Gasteiger partial charge is 0.159 e. The number of nitrogens with two attached hydrogens (primary N) is 1. The highest BCUT2D eigenvalue weighted by molar-refractivity contribution is 7.80. The van der Waals surface area contributed by atoms with E-state index in [1.54, 1.807) is 12.1 Å². The third-order valence-corrected chi connectivity index (χ3v) is 3.28. The maximum atomic E-state index is 12.8. The van der Waals surface area contributed by atoms with Crippen molar-refractivity contribution in [3.63, 3.8) is 0 Å². The Morgan fingerprint density at radius 3 is 2.50 bits per heavy atom. The average Bonchev–Trinajstić information content (AvgIpc) is 2.41. The lowest BCUT2D eigenvalue weighted by atomic mass is 10.1. The van der Waals surface area contributed by atoms with Gasteiger partial charge in [0.15, 0.2) is 5.82 Å². The van der Waals surface area contributed by atoms with E-state index >= 15 is 0 Å². The molecule has 0 amide bonds. The van der Waals surface area contributed by atoms with E-state index in [1.165, 1.54) is 12.1 Å². The van der Waals surface area contributed by atoms with Gasteiger partial charge in [0.05, 0.1) is 11.3 Å². The molecular weight excluding hydrogens is 275 g/mol. The van der Waals surface area contributed by atoms with Crippen LogP contribution >= 0.6 is 12.2 Å². The maximum Gasteiger partial charge on any atom is 0.159 e. The van der Waals surface area contributed by atoms with Gasteiger partial charge in [-0.1, -0.05) is 24.4 Å². The molecule has 0 aliphatic carbocycles. The largest absolute Gasteiger partial charge is 0.389 e. The molecule has 3 N–H and O–H groups in total. The molecule has 2 rings (SSSR count). The van der Waals surface area contributed by atoms with Crippen LogP contribution in [0.2, 0.25) is 0 Å². The molecule has 0 spiro atoms. The molecule has 104 valence electrons. The Balaban J connectivity index is 2.23. The summed E-state index contributed by atoms with van der Waals surface area (Å²) >= 11 is 5.07. The van der Waals surface area contributed by atoms with Crippen molar-refractivity contribution in [1.82, 2.24) is 10.2 Å². The normalized spacial score (nSPS) is 10.3. The van der Waals surface area contributed by atoms with Crippen LogP contribution in [0.5, 0.6) is 0 Å². The standard InChI is InChI=1S/C14H15FN4S/c1-8-9(2)18-19-14(12(8)13(16)20)17-7-10-3-5-11(15)6-4-10/h3-6H,7H2,1-2H3,(H2,16,20)(H,17,19). The van der Waals surface area contributed by atoms with E-state index in [-0.39, 0.29) is 10.8 Å². The molecule has 0 saturated carbocycles. The topological polar surface area (TPSA) is 63.8 Å². The summed E-state index contributed by atoms with van der Waals surface area (Å²) in [6.45, 7) is 4.25. The van der Waals surface area contributed by atoms with Crippen molar-refractivity contribution in [2.24, 2.45) is 5.73 Å². The predicted molar refractivity (Wildman–Crippen MR) is 81.1 cm³/mol. The highest BCUT2D eigenvalue weighted by Crippen LogP contribution is 2.19. The molecule has 0 radical (unpaired) electrons. The molecule has 0 aliphatic rings. The number of aromatic nitrogens is 2. The Labute approximate surface area is 122 Å². The van der Waals surface area contributed by atoms with E-state index in [1.807, 2.05) is 13.8 Å². The lowest BCUT2D eigenvalue weighted by Crippen LogP contribution is -2.18. The Kier molecular flexibility index (Phi) is 4.24. The second-order valence-electron chi connectivity index (χ2n) is 4.48.